The summed E-state index contributed by atoms with van der Waals surface area (Å²) in [5.41, 5.74) is 0.668. The maximum atomic E-state index is 12.9. The molecule has 4 nitrogen and oxygen atoms in total. The van der Waals surface area contributed by atoms with Gasteiger partial charge in [0.15, 0.2) is 0 Å². The van der Waals surface area contributed by atoms with Crippen molar-refractivity contribution in [1.82, 2.24) is 9.29 Å². The van der Waals surface area contributed by atoms with E-state index in [9.17, 15) is 12.8 Å². The summed E-state index contributed by atoms with van der Waals surface area (Å²) in [5, 5.41) is -0.0934. The van der Waals surface area contributed by atoms with Crippen LogP contribution in [0.3, 0.4) is 0 Å². The second-order valence-corrected chi connectivity index (χ2v) is 7.62. The van der Waals surface area contributed by atoms with E-state index in [1.54, 1.807) is 0 Å². The number of hydrogen-bond acceptors (Lipinski definition) is 3. The van der Waals surface area contributed by atoms with Crippen LogP contribution in [0, 0.1) is 5.82 Å². The molecular formula is C13H11BrClFN2O2S. The van der Waals surface area contributed by atoms with Crippen LogP contribution >= 0.6 is 27.5 Å². The number of sulfonamides is 1. The van der Waals surface area contributed by atoms with Crippen molar-refractivity contribution < 1.29 is 12.8 Å². The van der Waals surface area contributed by atoms with Crippen LogP contribution in [0.15, 0.2) is 45.9 Å². The molecule has 8 heteroatoms. The van der Waals surface area contributed by atoms with Crippen LogP contribution in [0.4, 0.5) is 4.39 Å². The number of rotatable bonds is 4. The summed E-state index contributed by atoms with van der Waals surface area (Å²) in [6, 6.07) is 7.02. The Labute approximate surface area is 135 Å². The fourth-order valence-corrected chi connectivity index (χ4v) is 3.76. The molecule has 0 saturated heterocycles. The second-order valence-electron chi connectivity index (χ2n) is 4.33. The lowest BCUT2D eigenvalue weighted by Gasteiger charge is -2.18. The molecule has 1 heterocycles. The van der Waals surface area contributed by atoms with E-state index < -0.39 is 10.0 Å². The highest BCUT2D eigenvalue weighted by molar-refractivity contribution is 9.10. The molecule has 0 bridgehead atoms. The largest absolute Gasteiger partial charge is 0.246 e. The summed E-state index contributed by atoms with van der Waals surface area (Å²) >= 11 is 9.03. The third-order valence-electron chi connectivity index (χ3n) is 2.78. The van der Waals surface area contributed by atoms with Gasteiger partial charge < -0.3 is 0 Å². The van der Waals surface area contributed by atoms with E-state index in [1.165, 1.54) is 43.6 Å². The van der Waals surface area contributed by atoms with Crippen LogP contribution in [-0.2, 0) is 16.6 Å². The van der Waals surface area contributed by atoms with Crippen LogP contribution in [0.25, 0.3) is 0 Å². The van der Waals surface area contributed by atoms with Gasteiger partial charge in [-0.05, 0) is 39.7 Å². The monoisotopic (exact) mass is 392 g/mol. The Morgan fingerprint density at radius 2 is 1.95 bits per heavy atom. The first kappa shape index (κ1) is 16.4. The Hall–Kier alpha value is -1.02. The minimum Gasteiger partial charge on any atom is -0.242 e. The SMILES string of the molecule is CN(Cc1ccc(F)cc1)S(=O)(=O)c1cc(Br)cnc1Cl. The lowest BCUT2D eigenvalue weighted by Crippen LogP contribution is -2.27. The predicted molar refractivity (Wildman–Crippen MR) is 82.0 cm³/mol. The fraction of sp³-hybridized carbons (Fsp3) is 0.154. The molecule has 0 aliphatic carbocycles. The minimum atomic E-state index is -3.79. The van der Waals surface area contributed by atoms with Crippen LogP contribution < -0.4 is 0 Å². The Kier molecular flexibility index (Phi) is 4.98. The van der Waals surface area contributed by atoms with Crippen molar-refractivity contribution in [3.8, 4) is 0 Å². The van der Waals surface area contributed by atoms with E-state index in [1.807, 2.05) is 0 Å². The lowest BCUT2D eigenvalue weighted by atomic mass is 10.2. The number of aromatic nitrogens is 1. The Morgan fingerprint density at radius 3 is 2.57 bits per heavy atom. The zero-order chi connectivity index (χ0) is 15.6. The third-order valence-corrected chi connectivity index (χ3v) is 5.44. The number of benzene rings is 1. The average Bonchev–Trinajstić information content (AvgIpc) is 2.43. The summed E-state index contributed by atoms with van der Waals surface area (Å²) in [5.74, 6) is -0.372. The highest BCUT2D eigenvalue weighted by atomic mass is 79.9. The molecule has 0 radical (unpaired) electrons. The van der Waals surface area contributed by atoms with Crippen LogP contribution in [-0.4, -0.2) is 24.8 Å². The Bertz CT molecular complexity index is 753. The van der Waals surface area contributed by atoms with E-state index >= 15 is 0 Å². The van der Waals surface area contributed by atoms with E-state index in [2.05, 4.69) is 20.9 Å². The molecule has 0 aliphatic rings. The van der Waals surface area contributed by atoms with Crippen LogP contribution in [0.5, 0.6) is 0 Å². The molecule has 0 saturated carbocycles. The number of halogens is 3. The molecule has 0 amide bonds. The van der Waals surface area contributed by atoms with E-state index in [0.29, 0.717) is 10.0 Å². The van der Waals surface area contributed by atoms with Crippen LogP contribution in [0.1, 0.15) is 5.56 Å². The van der Waals surface area contributed by atoms with Gasteiger partial charge in [0, 0.05) is 24.3 Å². The zero-order valence-corrected chi connectivity index (χ0v) is 14.1. The predicted octanol–water partition coefficient (Wildman–Crippen LogP) is 3.46. The first-order valence-corrected chi connectivity index (χ1v) is 8.43. The molecule has 0 atom stereocenters. The minimum absolute atomic E-state index is 0.0804. The second kappa shape index (κ2) is 6.39. The van der Waals surface area contributed by atoms with Gasteiger partial charge in [0.1, 0.15) is 15.9 Å². The maximum Gasteiger partial charge on any atom is 0.246 e. The van der Waals surface area contributed by atoms with Crippen molar-refractivity contribution in [2.75, 3.05) is 7.05 Å². The standard InChI is InChI=1S/C13H11BrClFN2O2S/c1-18(8-9-2-4-11(16)5-3-9)21(19,20)12-6-10(14)7-17-13(12)15/h2-7H,8H2,1H3. The van der Waals surface area contributed by atoms with Gasteiger partial charge in [0.2, 0.25) is 10.0 Å². The third kappa shape index (κ3) is 3.79. The number of pyridine rings is 1. The fourth-order valence-electron chi connectivity index (χ4n) is 1.68. The molecule has 1 aromatic heterocycles. The summed E-state index contributed by atoms with van der Waals surface area (Å²) in [4.78, 5) is 3.73. The average molecular weight is 394 g/mol. The van der Waals surface area contributed by atoms with Gasteiger partial charge in [0.05, 0.1) is 0 Å². The van der Waals surface area contributed by atoms with Crippen molar-refractivity contribution in [3.05, 3.63) is 57.5 Å². The summed E-state index contributed by atoms with van der Waals surface area (Å²) in [7, 11) is -2.36. The van der Waals surface area contributed by atoms with Gasteiger partial charge >= 0.3 is 0 Å². The summed E-state index contributed by atoms with van der Waals surface area (Å²) in [6.07, 6.45) is 1.42. The molecule has 2 aromatic rings. The maximum absolute atomic E-state index is 12.9. The zero-order valence-electron chi connectivity index (χ0n) is 10.9. The molecule has 0 unspecified atom stereocenters. The number of nitrogens with zero attached hydrogens (tertiary/aromatic N) is 2. The van der Waals surface area contributed by atoms with Gasteiger partial charge in [-0.15, -0.1) is 0 Å². The highest BCUT2D eigenvalue weighted by Gasteiger charge is 2.24. The molecule has 2 rings (SSSR count). The molecule has 21 heavy (non-hydrogen) atoms. The summed E-state index contributed by atoms with van der Waals surface area (Å²) < 4.78 is 39.5. The molecule has 0 N–H and O–H groups in total. The van der Waals surface area contributed by atoms with E-state index in [-0.39, 0.29) is 22.4 Å². The van der Waals surface area contributed by atoms with Gasteiger partial charge in [0.25, 0.3) is 0 Å². The van der Waals surface area contributed by atoms with Crippen molar-refractivity contribution in [1.29, 1.82) is 0 Å². The molecule has 0 spiro atoms. The van der Waals surface area contributed by atoms with Gasteiger partial charge in [-0.2, -0.15) is 4.31 Å². The first-order chi connectivity index (χ1) is 9.80. The van der Waals surface area contributed by atoms with E-state index in [4.69, 9.17) is 11.6 Å². The van der Waals surface area contributed by atoms with Crippen molar-refractivity contribution in [2.24, 2.45) is 0 Å². The van der Waals surface area contributed by atoms with Crippen LogP contribution in [0.2, 0.25) is 5.15 Å². The molecule has 0 fully saturated rings. The molecule has 1 aromatic carbocycles. The van der Waals surface area contributed by atoms with Gasteiger partial charge in [-0.25, -0.2) is 17.8 Å². The smallest absolute Gasteiger partial charge is 0.242 e. The first-order valence-electron chi connectivity index (χ1n) is 5.82. The van der Waals surface area contributed by atoms with Crippen molar-refractivity contribution in [2.45, 2.75) is 11.4 Å². The molecular weight excluding hydrogens is 383 g/mol. The molecule has 0 aliphatic heterocycles. The quantitative estimate of drug-likeness (QED) is 0.748. The van der Waals surface area contributed by atoms with Gasteiger partial charge in [-0.3, -0.25) is 0 Å². The highest BCUT2D eigenvalue weighted by Crippen LogP contribution is 2.26. The Balaban J connectivity index is 2.30. The lowest BCUT2D eigenvalue weighted by molar-refractivity contribution is 0.466. The van der Waals surface area contributed by atoms with E-state index in [0.717, 1.165) is 4.31 Å². The van der Waals surface area contributed by atoms with Gasteiger partial charge in [-0.1, -0.05) is 23.7 Å². The van der Waals surface area contributed by atoms with Crippen molar-refractivity contribution in [3.63, 3.8) is 0 Å². The normalized spacial score (nSPS) is 11.9. The summed E-state index contributed by atoms with van der Waals surface area (Å²) in [6.45, 7) is 0.103. The van der Waals surface area contributed by atoms with Crippen molar-refractivity contribution >= 4 is 37.6 Å². The topological polar surface area (TPSA) is 50.3 Å². The Morgan fingerprint density at radius 1 is 1.33 bits per heavy atom. The number of hydrogen-bond donors (Lipinski definition) is 0. The molecule has 112 valence electrons.